The first-order valence-corrected chi connectivity index (χ1v) is 8.30. The number of rotatable bonds is 3. The zero-order valence-electron chi connectivity index (χ0n) is 14.4. The molecule has 134 valence electrons. The number of halogens is 3. The lowest BCUT2D eigenvalue weighted by Gasteiger charge is -2.32. The molecule has 1 aliphatic rings. The summed E-state index contributed by atoms with van der Waals surface area (Å²) in [5, 5.41) is 2.38. The summed E-state index contributed by atoms with van der Waals surface area (Å²) in [4.78, 5) is 12.1. The van der Waals surface area contributed by atoms with Gasteiger partial charge in [-0.15, -0.1) is 0 Å². The Balaban J connectivity index is 2.22. The number of hydrogen-bond acceptors (Lipinski definition) is 2. The Labute approximate surface area is 144 Å². The van der Waals surface area contributed by atoms with Crippen LogP contribution >= 0.6 is 0 Å². The number of amides is 1. The minimum atomic E-state index is -4.51. The van der Waals surface area contributed by atoms with Crippen LogP contribution in [0.2, 0.25) is 0 Å². The summed E-state index contributed by atoms with van der Waals surface area (Å²) in [7, 11) is 0. The Kier molecular flexibility index (Phi) is 4.27. The smallest absolute Gasteiger partial charge is 0.287 e. The van der Waals surface area contributed by atoms with E-state index in [4.69, 9.17) is 0 Å². The number of nitrogens with zero attached hydrogens (tertiary/aromatic N) is 1. The quantitative estimate of drug-likeness (QED) is 0.891. The van der Waals surface area contributed by atoms with Crippen LogP contribution in [0.5, 0.6) is 0 Å². The third kappa shape index (κ3) is 3.11. The van der Waals surface area contributed by atoms with E-state index >= 15 is 0 Å². The molecule has 25 heavy (non-hydrogen) atoms. The van der Waals surface area contributed by atoms with Crippen molar-refractivity contribution in [1.29, 1.82) is 0 Å². The standard InChI is InChI=1S/C19H21F3N2O/c1-4-12-9-10-13-7-5-6-8-14(13)15(12)16(19(20,21)22)24-11-18(2,3)17(25)23-24/h5-10,16H,4,11H2,1-3H3,(H,23,25)/t16-/m0/s1. The molecule has 1 heterocycles. The van der Waals surface area contributed by atoms with Crippen LogP contribution in [0.4, 0.5) is 13.2 Å². The van der Waals surface area contributed by atoms with Gasteiger partial charge in [0.15, 0.2) is 6.04 Å². The first-order valence-electron chi connectivity index (χ1n) is 8.30. The highest BCUT2D eigenvalue weighted by molar-refractivity contribution is 5.88. The molecule has 2 aromatic rings. The third-order valence-corrected chi connectivity index (χ3v) is 4.76. The Morgan fingerprint density at radius 1 is 1.20 bits per heavy atom. The second kappa shape index (κ2) is 6.02. The van der Waals surface area contributed by atoms with Crippen molar-refractivity contribution in [3.63, 3.8) is 0 Å². The number of hydrogen-bond donors (Lipinski definition) is 1. The van der Waals surface area contributed by atoms with Crippen molar-refractivity contribution >= 4 is 16.7 Å². The minimum absolute atomic E-state index is 0.00237. The van der Waals surface area contributed by atoms with E-state index < -0.39 is 17.6 Å². The molecule has 3 nitrogen and oxygen atoms in total. The largest absolute Gasteiger partial charge is 0.409 e. The summed E-state index contributed by atoms with van der Waals surface area (Å²) >= 11 is 0. The van der Waals surface area contributed by atoms with E-state index in [1.165, 1.54) is 0 Å². The van der Waals surface area contributed by atoms with E-state index in [9.17, 15) is 18.0 Å². The second-order valence-corrected chi connectivity index (χ2v) is 7.11. The zero-order chi connectivity index (χ0) is 18.4. The predicted molar refractivity (Wildman–Crippen MR) is 90.8 cm³/mol. The molecule has 3 rings (SSSR count). The average molecular weight is 350 g/mol. The van der Waals surface area contributed by atoms with Crippen molar-refractivity contribution in [3.05, 3.63) is 47.5 Å². The van der Waals surface area contributed by atoms with Gasteiger partial charge in [-0.3, -0.25) is 10.2 Å². The van der Waals surface area contributed by atoms with Gasteiger partial charge in [0.1, 0.15) is 0 Å². The van der Waals surface area contributed by atoms with E-state index in [1.807, 2.05) is 13.0 Å². The van der Waals surface area contributed by atoms with Gasteiger partial charge in [0.2, 0.25) is 5.91 Å². The van der Waals surface area contributed by atoms with Crippen molar-refractivity contribution in [1.82, 2.24) is 10.4 Å². The number of benzene rings is 2. The molecule has 0 spiro atoms. The molecule has 1 atom stereocenters. The van der Waals surface area contributed by atoms with E-state index in [0.29, 0.717) is 17.4 Å². The SMILES string of the molecule is CCc1ccc2ccccc2c1[C@H](N1CC(C)(C)C(=O)N1)C(F)(F)F. The minimum Gasteiger partial charge on any atom is -0.287 e. The van der Waals surface area contributed by atoms with Crippen LogP contribution in [0.25, 0.3) is 10.8 Å². The van der Waals surface area contributed by atoms with Gasteiger partial charge in [0.05, 0.1) is 5.41 Å². The molecule has 0 saturated carbocycles. The second-order valence-electron chi connectivity index (χ2n) is 7.11. The molecule has 2 aromatic carbocycles. The number of alkyl halides is 3. The number of hydrazine groups is 1. The van der Waals surface area contributed by atoms with Gasteiger partial charge in [0.25, 0.3) is 0 Å². The highest BCUT2D eigenvalue weighted by Gasteiger charge is 2.52. The van der Waals surface area contributed by atoms with E-state index in [1.54, 1.807) is 44.2 Å². The van der Waals surface area contributed by atoms with Gasteiger partial charge >= 0.3 is 6.18 Å². The molecule has 1 N–H and O–H groups in total. The Bertz CT molecular complexity index is 814. The van der Waals surface area contributed by atoms with Crippen molar-refractivity contribution in [2.45, 2.75) is 39.4 Å². The first-order chi connectivity index (χ1) is 11.6. The van der Waals surface area contributed by atoms with Gasteiger partial charge < -0.3 is 0 Å². The lowest BCUT2D eigenvalue weighted by molar-refractivity contribution is -0.191. The molecule has 1 saturated heterocycles. The lowest BCUT2D eigenvalue weighted by atomic mass is 9.90. The molecule has 6 heteroatoms. The van der Waals surface area contributed by atoms with Crippen LogP contribution in [0.1, 0.15) is 37.9 Å². The van der Waals surface area contributed by atoms with Gasteiger partial charge in [-0.25, -0.2) is 5.01 Å². The van der Waals surface area contributed by atoms with Crippen LogP contribution in [-0.2, 0) is 11.2 Å². The van der Waals surface area contributed by atoms with E-state index in [-0.39, 0.29) is 18.0 Å². The molecule has 0 radical (unpaired) electrons. The van der Waals surface area contributed by atoms with Crippen LogP contribution in [0.15, 0.2) is 36.4 Å². The number of carbonyl (C=O) groups excluding carboxylic acids is 1. The maximum atomic E-state index is 14.1. The van der Waals surface area contributed by atoms with Gasteiger partial charge in [-0.05, 0) is 42.2 Å². The van der Waals surface area contributed by atoms with Crippen LogP contribution in [0, 0.1) is 5.41 Å². The number of carbonyl (C=O) groups is 1. The fourth-order valence-electron chi connectivity index (χ4n) is 3.44. The van der Waals surface area contributed by atoms with Gasteiger partial charge in [0, 0.05) is 6.54 Å². The first kappa shape index (κ1) is 17.7. The van der Waals surface area contributed by atoms with Crippen molar-refractivity contribution in [3.8, 4) is 0 Å². The van der Waals surface area contributed by atoms with Crippen LogP contribution < -0.4 is 5.43 Å². The molecule has 0 aromatic heterocycles. The Morgan fingerprint density at radius 2 is 1.88 bits per heavy atom. The number of aryl methyl sites for hydroxylation is 1. The van der Waals surface area contributed by atoms with Crippen molar-refractivity contribution in [2.75, 3.05) is 6.54 Å². The molecule has 0 unspecified atom stereocenters. The molecule has 1 amide bonds. The monoisotopic (exact) mass is 350 g/mol. The summed E-state index contributed by atoms with van der Waals surface area (Å²) in [5.41, 5.74) is 2.45. The van der Waals surface area contributed by atoms with Crippen LogP contribution in [-0.4, -0.2) is 23.6 Å². The molecule has 0 aliphatic carbocycles. The molecule has 1 fully saturated rings. The highest BCUT2D eigenvalue weighted by Crippen LogP contribution is 2.44. The fourth-order valence-corrected chi connectivity index (χ4v) is 3.44. The number of fused-ring (bicyclic) bond motifs is 1. The van der Waals surface area contributed by atoms with Gasteiger partial charge in [-0.2, -0.15) is 13.2 Å². The topological polar surface area (TPSA) is 32.3 Å². The molecular weight excluding hydrogens is 329 g/mol. The summed E-state index contributed by atoms with van der Waals surface area (Å²) in [6.45, 7) is 5.15. The van der Waals surface area contributed by atoms with E-state index in [2.05, 4.69) is 5.43 Å². The Morgan fingerprint density at radius 3 is 2.44 bits per heavy atom. The number of nitrogens with one attached hydrogen (secondary N) is 1. The maximum Gasteiger partial charge on any atom is 0.409 e. The van der Waals surface area contributed by atoms with Gasteiger partial charge in [-0.1, -0.05) is 43.3 Å². The highest BCUT2D eigenvalue weighted by atomic mass is 19.4. The van der Waals surface area contributed by atoms with Crippen LogP contribution in [0.3, 0.4) is 0 Å². The van der Waals surface area contributed by atoms with Crippen molar-refractivity contribution in [2.24, 2.45) is 5.41 Å². The maximum absolute atomic E-state index is 14.1. The fraction of sp³-hybridized carbons (Fsp3) is 0.421. The van der Waals surface area contributed by atoms with Crippen molar-refractivity contribution < 1.29 is 18.0 Å². The normalized spacial score (nSPS) is 19.2. The Hall–Kier alpha value is -2.08. The lowest BCUT2D eigenvalue weighted by Crippen LogP contribution is -2.44. The molecule has 1 aliphatic heterocycles. The average Bonchev–Trinajstić information content (AvgIpc) is 2.79. The predicted octanol–water partition coefficient (Wildman–Crippen LogP) is 4.38. The molecule has 0 bridgehead atoms. The zero-order valence-corrected chi connectivity index (χ0v) is 14.4. The summed E-state index contributed by atoms with van der Waals surface area (Å²) in [6, 6.07) is 8.78. The third-order valence-electron chi connectivity index (χ3n) is 4.76. The molecular formula is C19H21F3N2O. The summed E-state index contributed by atoms with van der Waals surface area (Å²) in [6.07, 6.45) is -4.03. The van der Waals surface area contributed by atoms with E-state index in [0.717, 1.165) is 10.4 Å². The summed E-state index contributed by atoms with van der Waals surface area (Å²) in [5.74, 6) is -0.389. The summed E-state index contributed by atoms with van der Waals surface area (Å²) < 4.78 is 42.3.